The number of anilines is 1. The molecule has 68 heavy (non-hydrogen) atoms. The summed E-state index contributed by atoms with van der Waals surface area (Å²) in [6.07, 6.45) is 15.7. The molecule has 0 bridgehead atoms. The number of nitrogens with zero attached hydrogens (tertiary/aromatic N) is 4. The van der Waals surface area contributed by atoms with Crippen LogP contribution in [0.1, 0.15) is 139 Å². The van der Waals surface area contributed by atoms with Crippen molar-refractivity contribution in [2.75, 3.05) is 57.6 Å². The first-order valence-corrected chi connectivity index (χ1v) is 25.4. The maximum atomic E-state index is 13.7. The molecule has 362 valence electrons. The van der Waals surface area contributed by atoms with Gasteiger partial charge in [0.2, 0.25) is 17.7 Å². The van der Waals surface area contributed by atoms with Crippen molar-refractivity contribution in [2.24, 2.45) is 0 Å². The van der Waals surface area contributed by atoms with E-state index in [9.17, 15) is 28.8 Å². The van der Waals surface area contributed by atoms with E-state index in [1.165, 1.54) is 82.6 Å². The van der Waals surface area contributed by atoms with Gasteiger partial charge in [-0.3, -0.25) is 34.2 Å². The fourth-order valence-electron chi connectivity index (χ4n) is 10.7. The molecule has 4 aliphatic rings. The van der Waals surface area contributed by atoms with Crippen molar-refractivity contribution in [1.82, 2.24) is 29.9 Å². The Morgan fingerprint density at radius 3 is 2.13 bits per heavy atom. The van der Waals surface area contributed by atoms with E-state index in [4.69, 9.17) is 16.3 Å². The highest BCUT2D eigenvalue weighted by molar-refractivity contribution is 6.27. The largest absolute Gasteiger partial charge is 0.467 e. The second kappa shape index (κ2) is 23.0. The number of amides is 5. The zero-order valence-electron chi connectivity index (χ0n) is 39.4. The number of carbonyl (C=O) groups excluding carboxylic acids is 6. The molecule has 4 aliphatic heterocycles. The predicted octanol–water partition coefficient (Wildman–Crippen LogP) is 7.73. The number of aromatic amines is 1. The van der Waals surface area contributed by atoms with Crippen LogP contribution in [0, 0.1) is 0 Å². The topological polar surface area (TPSA) is 164 Å². The number of imide groups is 1. The Balaban J connectivity index is 0.675. The van der Waals surface area contributed by atoms with Gasteiger partial charge in [-0.05, 0) is 67.3 Å². The van der Waals surface area contributed by atoms with E-state index in [1.54, 1.807) is 4.90 Å². The Morgan fingerprint density at radius 2 is 1.46 bits per heavy atom. The number of carbonyl (C=O) groups is 6. The first-order chi connectivity index (χ1) is 33.2. The fourth-order valence-corrected chi connectivity index (χ4v) is 10.8. The van der Waals surface area contributed by atoms with Crippen LogP contribution in [0.25, 0.3) is 10.9 Å². The van der Waals surface area contributed by atoms with Crippen LogP contribution >= 0.6 is 11.6 Å². The summed E-state index contributed by atoms with van der Waals surface area (Å²) in [6, 6.07) is 19.0. The quantitative estimate of drug-likeness (QED) is 0.0328. The summed E-state index contributed by atoms with van der Waals surface area (Å²) in [7, 11) is 1.33. The highest BCUT2D eigenvalue weighted by Crippen LogP contribution is 2.41. The molecular formula is C53H66ClN7O7. The first kappa shape index (κ1) is 48.7. The fraction of sp³-hybridized carbons (Fsp3) is 0.509. The number of piperidine rings is 1. The number of para-hydroxylation sites is 1. The number of esters is 1. The molecule has 2 saturated heterocycles. The summed E-state index contributed by atoms with van der Waals surface area (Å²) in [4.78, 5) is 88.3. The van der Waals surface area contributed by atoms with Crippen molar-refractivity contribution in [3.05, 3.63) is 100 Å². The number of rotatable bonds is 21. The van der Waals surface area contributed by atoms with Crippen LogP contribution in [0.2, 0.25) is 0 Å². The molecule has 1 aromatic heterocycles. The lowest BCUT2D eigenvalue weighted by molar-refractivity contribution is -0.154. The van der Waals surface area contributed by atoms with E-state index < -0.39 is 24.1 Å². The molecule has 8 rings (SSSR count). The number of piperazine rings is 1. The van der Waals surface area contributed by atoms with Gasteiger partial charge in [-0.2, -0.15) is 0 Å². The van der Waals surface area contributed by atoms with Gasteiger partial charge in [0.15, 0.2) is 0 Å². The first-order valence-electron chi connectivity index (χ1n) is 24.8. The Hall–Kier alpha value is -5.73. The van der Waals surface area contributed by atoms with E-state index in [-0.39, 0.29) is 41.8 Å². The number of hydrogen-bond donors (Lipinski definition) is 3. The molecule has 3 aromatic carbocycles. The number of methoxy groups -OCH3 is 1. The highest BCUT2D eigenvalue weighted by Gasteiger charge is 2.44. The number of benzene rings is 3. The van der Waals surface area contributed by atoms with E-state index in [0.29, 0.717) is 43.6 Å². The molecule has 0 spiro atoms. The van der Waals surface area contributed by atoms with Gasteiger partial charge in [0.1, 0.15) is 18.0 Å². The third-order valence-electron chi connectivity index (χ3n) is 14.4. The van der Waals surface area contributed by atoms with Gasteiger partial charge in [-0.1, -0.05) is 101 Å². The molecule has 0 aliphatic carbocycles. The van der Waals surface area contributed by atoms with Crippen LogP contribution in [0.3, 0.4) is 0 Å². The molecule has 15 heteroatoms. The van der Waals surface area contributed by atoms with E-state index in [0.717, 1.165) is 71.6 Å². The van der Waals surface area contributed by atoms with Crippen LogP contribution < -0.4 is 10.6 Å². The van der Waals surface area contributed by atoms with Gasteiger partial charge >= 0.3 is 5.97 Å². The molecule has 0 radical (unpaired) electrons. The standard InChI is InChI=1S/C53H66ClN7O7/c1-68-53(67)45-33-40-38-17-12-13-19-43(38)56-48(40)49(61(45)47(63)34-54)36-21-23-37(24-22-36)51(65)59-31-29-58(30-32-59)28-15-11-9-7-5-3-2-4-6-8-10-14-27-55-42-20-16-18-39-41(42)35-60(52(39)66)44-25-26-46(62)57-50(44)64/h12-13,16-24,44-45,49,55-56H,2-11,14-15,25-35H2,1H3,(H,57,62,64)/t44?,45-,49+/m1/s1. The van der Waals surface area contributed by atoms with Crippen molar-refractivity contribution >= 4 is 63.7 Å². The molecule has 0 saturated carbocycles. The molecule has 2 fully saturated rings. The van der Waals surface area contributed by atoms with Crippen molar-refractivity contribution in [2.45, 2.75) is 121 Å². The van der Waals surface area contributed by atoms with Gasteiger partial charge in [0.25, 0.3) is 11.8 Å². The Morgan fingerprint density at radius 1 is 0.779 bits per heavy atom. The van der Waals surface area contributed by atoms with Gasteiger partial charge in [-0.15, -0.1) is 11.6 Å². The van der Waals surface area contributed by atoms with Crippen LogP contribution in [0.4, 0.5) is 5.69 Å². The van der Waals surface area contributed by atoms with E-state index >= 15 is 0 Å². The summed E-state index contributed by atoms with van der Waals surface area (Å²) in [6.45, 7) is 5.38. The van der Waals surface area contributed by atoms with Gasteiger partial charge in [0, 0.05) is 91.1 Å². The summed E-state index contributed by atoms with van der Waals surface area (Å²) >= 11 is 6.12. The molecular weight excluding hydrogens is 882 g/mol. The van der Waals surface area contributed by atoms with Crippen LogP contribution in [0.5, 0.6) is 0 Å². The second-order valence-corrected chi connectivity index (χ2v) is 19.1. The van der Waals surface area contributed by atoms with Crippen molar-refractivity contribution in [1.29, 1.82) is 0 Å². The number of ether oxygens (including phenoxy) is 1. The smallest absolute Gasteiger partial charge is 0.328 e. The Labute approximate surface area is 404 Å². The zero-order chi connectivity index (χ0) is 47.6. The molecule has 4 aromatic rings. The van der Waals surface area contributed by atoms with Gasteiger partial charge < -0.3 is 29.7 Å². The number of aromatic nitrogens is 1. The second-order valence-electron chi connectivity index (χ2n) is 18.8. The maximum Gasteiger partial charge on any atom is 0.328 e. The third-order valence-corrected chi connectivity index (χ3v) is 14.7. The molecule has 5 amide bonds. The van der Waals surface area contributed by atoms with Crippen molar-refractivity contribution in [3.8, 4) is 0 Å². The minimum absolute atomic E-state index is 0.00423. The van der Waals surface area contributed by atoms with Crippen LogP contribution in [0.15, 0.2) is 66.7 Å². The normalized spacial score (nSPS) is 19.5. The van der Waals surface area contributed by atoms with Gasteiger partial charge in [-0.25, -0.2) is 4.79 Å². The van der Waals surface area contributed by atoms with Crippen molar-refractivity contribution in [3.63, 3.8) is 0 Å². The number of H-pyrrole nitrogens is 1. The number of halogens is 1. The summed E-state index contributed by atoms with van der Waals surface area (Å²) in [5, 5.41) is 6.90. The lowest BCUT2D eigenvalue weighted by Crippen LogP contribution is -2.52. The molecule has 3 N–H and O–H groups in total. The summed E-state index contributed by atoms with van der Waals surface area (Å²) < 4.78 is 5.17. The number of nitrogens with one attached hydrogen (secondary N) is 3. The van der Waals surface area contributed by atoms with Crippen molar-refractivity contribution < 1.29 is 33.5 Å². The summed E-state index contributed by atoms with van der Waals surface area (Å²) in [5.74, 6) is -1.96. The average Bonchev–Trinajstić information content (AvgIpc) is 3.91. The number of fused-ring (bicyclic) bond motifs is 4. The summed E-state index contributed by atoms with van der Waals surface area (Å²) in [5.41, 5.74) is 6.62. The lowest BCUT2D eigenvalue weighted by Gasteiger charge is -2.40. The Kier molecular flexibility index (Phi) is 16.5. The minimum atomic E-state index is -0.841. The van der Waals surface area contributed by atoms with Crippen LogP contribution in [-0.4, -0.2) is 124 Å². The molecule has 1 unspecified atom stereocenters. The number of unbranched alkanes of at least 4 members (excludes halogenated alkanes) is 11. The number of hydrogen-bond acceptors (Lipinski definition) is 9. The van der Waals surface area contributed by atoms with Crippen LogP contribution in [-0.2, 0) is 36.9 Å². The van der Waals surface area contributed by atoms with E-state index in [1.807, 2.05) is 71.6 Å². The maximum absolute atomic E-state index is 13.7. The SMILES string of the molecule is COC(=O)[C@H]1Cc2c([nH]c3ccccc23)[C@H](c2ccc(C(=O)N3CCN(CCCCCCCCCCCCCCNc4cccc5c4CN(C4CCC(=O)NC4=O)C5=O)CC3)cc2)N1C(=O)CCl. The number of alkyl halides is 1. The minimum Gasteiger partial charge on any atom is -0.467 e. The molecule has 5 heterocycles. The third kappa shape index (κ3) is 11.1. The lowest BCUT2D eigenvalue weighted by atomic mass is 9.87. The predicted molar refractivity (Wildman–Crippen MR) is 262 cm³/mol. The zero-order valence-corrected chi connectivity index (χ0v) is 40.1. The monoisotopic (exact) mass is 947 g/mol. The molecule has 3 atom stereocenters. The van der Waals surface area contributed by atoms with E-state index in [2.05, 4.69) is 20.5 Å². The average molecular weight is 949 g/mol. The van der Waals surface area contributed by atoms with Gasteiger partial charge in [0.05, 0.1) is 13.2 Å². The molecule has 14 nitrogen and oxygen atoms in total. The highest BCUT2D eigenvalue weighted by atomic mass is 35.5. The Bertz CT molecular complexity index is 2450.